The molecular formula is C20H17F3N4OS. The van der Waals surface area contributed by atoms with Crippen molar-refractivity contribution in [3.63, 3.8) is 0 Å². The number of hydrogen-bond acceptors (Lipinski definition) is 4. The van der Waals surface area contributed by atoms with Gasteiger partial charge >= 0.3 is 5.51 Å². The average molecular weight is 418 g/mol. The molecule has 0 fully saturated rings. The van der Waals surface area contributed by atoms with E-state index in [4.69, 9.17) is 0 Å². The van der Waals surface area contributed by atoms with Crippen LogP contribution in [0.25, 0.3) is 11.1 Å². The normalized spacial score (nSPS) is 16.8. The summed E-state index contributed by atoms with van der Waals surface area (Å²) in [4.78, 5) is 19.0. The van der Waals surface area contributed by atoms with Gasteiger partial charge in [0, 0.05) is 28.9 Å². The molecule has 0 spiro atoms. The van der Waals surface area contributed by atoms with Crippen molar-refractivity contribution in [2.24, 2.45) is 0 Å². The Labute approximate surface area is 169 Å². The first-order valence-corrected chi connectivity index (χ1v) is 9.73. The zero-order valence-electron chi connectivity index (χ0n) is 15.6. The predicted octanol–water partition coefficient (Wildman–Crippen LogP) is 5.09. The highest BCUT2D eigenvalue weighted by Gasteiger charge is 2.37. The molecule has 29 heavy (non-hydrogen) atoms. The van der Waals surface area contributed by atoms with Crippen molar-refractivity contribution in [1.29, 1.82) is 0 Å². The van der Waals surface area contributed by atoms with E-state index in [2.05, 4.69) is 10.1 Å². The van der Waals surface area contributed by atoms with Gasteiger partial charge in [0.2, 0.25) is 0 Å². The topological polar surface area (TPSA) is 51.0 Å². The number of rotatable bonds is 3. The summed E-state index contributed by atoms with van der Waals surface area (Å²) in [7, 11) is 0. The van der Waals surface area contributed by atoms with Crippen molar-refractivity contribution in [2.45, 2.75) is 30.3 Å². The Bertz CT molecular complexity index is 1080. The predicted molar refractivity (Wildman–Crippen MR) is 105 cm³/mol. The Balaban J connectivity index is 1.80. The Kier molecular flexibility index (Phi) is 4.85. The quantitative estimate of drug-likeness (QED) is 0.556. The number of hydrogen-bond donors (Lipinski definition) is 0. The van der Waals surface area contributed by atoms with Gasteiger partial charge in [0.1, 0.15) is 5.69 Å². The second-order valence-electron chi connectivity index (χ2n) is 6.82. The van der Waals surface area contributed by atoms with E-state index in [0.717, 1.165) is 11.3 Å². The highest BCUT2D eigenvalue weighted by molar-refractivity contribution is 8.00. The number of pyridine rings is 1. The van der Waals surface area contributed by atoms with E-state index < -0.39 is 5.51 Å². The minimum Gasteiger partial charge on any atom is -0.304 e. The zero-order valence-corrected chi connectivity index (χ0v) is 16.5. The first-order chi connectivity index (χ1) is 13.7. The van der Waals surface area contributed by atoms with E-state index in [-0.39, 0.29) is 40.8 Å². The van der Waals surface area contributed by atoms with Crippen molar-refractivity contribution < 1.29 is 18.0 Å². The fourth-order valence-corrected chi connectivity index (χ4v) is 4.16. The number of aromatic nitrogens is 3. The summed E-state index contributed by atoms with van der Waals surface area (Å²) < 4.78 is 40.7. The van der Waals surface area contributed by atoms with E-state index >= 15 is 0 Å². The molecule has 3 aromatic rings. The number of anilines is 1. The number of benzene rings is 1. The molecule has 4 rings (SSSR count). The largest absolute Gasteiger partial charge is 0.446 e. The van der Waals surface area contributed by atoms with Crippen molar-refractivity contribution in [2.75, 3.05) is 11.4 Å². The van der Waals surface area contributed by atoms with Crippen molar-refractivity contribution in [3.8, 4) is 11.1 Å². The highest BCUT2D eigenvalue weighted by atomic mass is 32.2. The van der Waals surface area contributed by atoms with Crippen LogP contribution < -0.4 is 4.90 Å². The second-order valence-corrected chi connectivity index (χ2v) is 7.92. The number of para-hydroxylation sites is 1. The number of aryl methyl sites for hydroxylation is 1. The molecule has 0 N–H and O–H groups in total. The van der Waals surface area contributed by atoms with Gasteiger partial charge in [-0.1, -0.05) is 12.1 Å². The van der Waals surface area contributed by atoms with Crippen molar-refractivity contribution in [1.82, 2.24) is 14.8 Å². The van der Waals surface area contributed by atoms with Crippen LogP contribution in [0.15, 0.2) is 53.7 Å². The smallest absolute Gasteiger partial charge is 0.304 e. The Morgan fingerprint density at radius 3 is 2.69 bits per heavy atom. The Hall–Kier alpha value is -2.81. The first kappa shape index (κ1) is 19.5. The van der Waals surface area contributed by atoms with Crippen molar-refractivity contribution >= 4 is 23.4 Å². The number of nitrogens with zero attached hydrogens (tertiary/aromatic N) is 4. The third kappa shape index (κ3) is 3.74. The maximum Gasteiger partial charge on any atom is 0.446 e. The van der Waals surface area contributed by atoms with Crippen LogP contribution >= 0.6 is 11.8 Å². The number of carbonyl (C=O) groups excluding carboxylic acids is 1. The van der Waals surface area contributed by atoms with Gasteiger partial charge in [-0.2, -0.15) is 18.3 Å². The summed E-state index contributed by atoms with van der Waals surface area (Å²) in [5, 5.41) is 4.37. The molecule has 5 nitrogen and oxygen atoms in total. The summed E-state index contributed by atoms with van der Waals surface area (Å²) in [6, 6.07) is 9.53. The van der Waals surface area contributed by atoms with Gasteiger partial charge in [0.25, 0.3) is 5.91 Å². The van der Waals surface area contributed by atoms with Crippen LogP contribution in [-0.4, -0.2) is 32.7 Å². The molecular weight excluding hydrogens is 401 g/mol. The standard InChI is InChI=1S/C20H17F3N4OS/c1-12-9-14(7-8-24-12)15-10-25-27-13(2)11-26(19(28)18(15)27)16-5-3-4-6-17(16)29-20(21,22)23/h3-10,13H,11H2,1-2H3/t13-/m0/s1. The van der Waals surface area contributed by atoms with Gasteiger partial charge in [0.05, 0.1) is 17.9 Å². The molecule has 0 radical (unpaired) electrons. The summed E-state index contributed by atoms with van der Waals surface area (Å²) in [6.07, 6.45) is 3.27. The summed E-state index contributed by atoms with van der Waals surface area (Å²) >= 11 is -0.214. The maximum atomic E-state index is 13.4. The zero-order chi connectivity index (χ0) is 20.8. The summed E-state index contributed by atoms with van der Waals surface area (Å²) in [5.74, 6) is -0.375. The molecule has 0 unspecified atom stereocenters. The number of alkyl halides is 3. The fourth-order valence-electron chi connectivity index (χ4n) is 3.49. The van der Waals surface area contributed by atoms with Crippen LogP contribution in [0.4, 0.5) is 18.9 Å². The van der Waals surface area contributed by atoms with Crippen LogP contribution in [-0.2, 0) is 0 Å². The summed E-state index contributed by atoms with van der Waals surface area (Å²) in [6.45, 7) is 3.97. The van der Waals surface area contributed by atoms with Crippen LogP contribution in [0.2, 0.25) is 0 Å². The Morgan fingerprint density at radius 2 is 1.97 bits per heavy atom. The minimum atomic E-state index is -4.44. The van der Waals surface area contributed by atoms with E-state index in [0.29, 0.717) is 11.3 Å². The molecule has 0 saturated heterocycles. The van der Waals surface area contributed by atoms with Crippen LogP contribution in [0.1, 0.15) is 29.1 Å². The molecule has 150 valence electrons. The van der Waals surface area contributed by atoms with Gasteiger partial charge in [-0.05, 0) is 55.4 Å². The van der Waals surface area contributed by atoms with Gasteiger partial charge < -0.3 is 4.90 Å². The molecule has 1 amide bonds. The number of halogens is 3. The molecule has 2 aromatic heterocycles. The molecule has 1 aliphatic heterocycles. The molecule has 0 bridgehead atoms. The van der Waals surface area contributed by atoms with Gasteiger partial charge in [-0.3, -0.25) is 14.5 Å². The van der Waals surface area contributed by atoms with Crippen molar-refractivity contribution in [3.05, 3.63) is 60.2 Å². The lowest BCUT2D eigenvalue weighted by molar-refractivity contribution is -0.0328. The first-order valence-electron chi connectivity index (χ1n) is 8.92. The van der Waals surface area contributed by atoms with E-state index in [9.17, 15) is 18.0 Å². The van der Waals surface area contributed by atoms with Crippen LogP contribution in [0.5, 0.6) is 0 Å². The molecule has 3 heterocycles. The number of carbonyl (C=O) groups is 1. The molecule has 0 saturated carbocycles. The molecule has 1 aromatic carbocycles. The molecule has 1 aliphatic rings. The second kappa shape index (κ2) is 7.22. The lowest BCUT2D eigenvalue weighted by atomic mass is 10.0. The van der Waals surface area contributed by atoms with Gasteiger partial charge in [-0.25, -0.2) is 0 Å². The lowest BCUT2D eigenvalue weighted by Crippen LogP contribution is -2.43. The van der Waals surface area contributed by atoms with E-state index in [1.807, 2.05) is 19.9 Å². The van der Waals surface area contributed by atoms with E-state index in [1.54, 1.807) is 35.3 Å². The van der Waals surface area contributed by atoms with E-state index in [1.165, 1.54) is 17.0 Å². The Morgan fingerprint density at radius 1 is 1.21 bits per heavy atom. The third-order valence-corrected chi connectivity index (χ3v) is 5.49. The third-order valence-electron chi connectivity index (χ3n) is 4.70. The minimum absolute atomic E-state index is 0.00480. The van der Waals surface area contributed by atoms with Crippen LogP contribution in [0, 0.1) is 6.92 Å². The highest BCUT2D eigenvalue weighted by Crippen LogP contribution is 2.43. The number of amides is 1. The molecule has 9 heteroatoms. The number of fused-ring (bicyclic) bond motifs is 1. The average Bonchev–Trinajstić information content (AvgIpc) is 3.10. The molecule has 0 aliphatic carbocycles. The monoisotopic (exact) mass is 418 g/mol. The van der Waals surface area contributed by atoms with Gasteiger partial charge in [-0.15, -0.1) is 0 Å². The van der Waals surface area contributed by atoms with Crippen LogP contribution in [0.3, 0.4) is 0 Å². The number of thioether (sulfide) groups is 1. The maximum absolute atomic E-state index is 13.4. The van der Waals surface area contributed by atoms with Gasteiger partial charge in [0.15, 0.2) is 0 Å². The fraction of sp³-hybridized carbons (Fsp3) is 0.250. The molecule has 1 atom stereocenters. The SMILES string of the molecule is Cc1cc(-c2cnn3c2C(=O)N(c2ccccc2SC(F)(F)F)C[C@@H]3C)ccn1. The lowest BCUT2D eigenvalue weighted by Gasteiger charge is -2.33. The summed E-state index contributed by atoms with van der Waals surface area (Å²) in [5.41, 5.74) is -1.61.